The smallest absolute Gasteiger partial charge is 0.328 e. The molecule has 2 rings (SSSR count). The molecule has 4 heteroatoms. The minimum Gasteiger partial charge on any atom is -0.478 e. The summed E-state index contributed by atoms with van der Waals surface area (Å²) in [6.07, 6.45) is 6.75. The van der Waals surface area contributed by atoms with Gasteiger partial charge < -0.3 is 5.11 Å². The van der Waals surface area contributed by atoms with Crippen LogP contribution in [0.3, 0.4) is 0 Å². The molecule has 0 amide bonds. The Labute approximate surface area is 118 Å². The molecular formula is C15H21NO2S. The van der Waals surface area contributed by atoms with Gasteiger partial charge in [-0.25, -0.2) is 4.79 Å². The van der Waals surface area contributed by atoms with Gasteiger partial charge in [0.2, 0.25) is 0 Å². The zero-order valence-corrected chi connectivity index (χ0v) is 12.3. The summed E-state index contributed by atoms with van der Waals surface area (Å²) in [5.41, 5.74) is 1.04. The zero-order chi connectivity index (χ0) is 13.8. The number of carboxylic acids is 1. The zero-order valence-electron chi connectivity index (χ0n) is 11.5. The third-order valence-corrected chi connectivity index (χ3v) is 4.81. The summed E-state index contributed by atoms with van der Waals surface area (Å²) in [5.74, 6) is -0.892. The molecule has 1 aromatic heterocycles. The van der Waals surface area contributed by atoms with Crippen molar-refractivity contribution in [2.75, 3.05) is 0 Å². The monoisotopic (exact) mass is 279 g/mol. The number of hydrogen-bond donors (Lipinski definition) is 1. The minimum atomic E-state index is -0.892. The topological polar surface area (TPSA) is 40.5 Å². The summed E-state index contributed by atoms with van der Waals surface area (Å²) >= 11 is 1.71. The molecule has 3 nitrogen and oxygen atoms in total. The number of aliphatic carboxylic acids is 1. The Balaban J connectivity index is 2.10. The van der Waals surface area contributed by atoms with Crippen molar-refractivity contribution in [2.45, 2.75) is 51.7 Å². The number of piperidine rings is 1. The normalized spacial score (nSPS) is 24.9. The summed E-state index contributed by atoms with van der Waals surface area (Å²) in [4.78, 5) is 14.4. The maximum atomic E-state index is 10.6. The van der Waals surface area contributed by atoms with Crippen molar-refractivity contribution in [3.63, 3.8) is 0 Å². The largest absolute Gasteiger partial charge is 0.478 e. The van der Waals surface area contributed by atoms with Crippen molar-refractivity contribution in [3.8, 4) is 0 Å². The van der Waals surface area contributed by atoms with Crippen molar-refractivity contribution in [1.29, 1.82) is 0 Å². The molecule has 1 aromatic rings. The Bertz CT molecular complexity index is 456. The average Bonchev–Trinajstić information content (AvgIpc) is 2.79. The molecule has 2 heterocycles. The van der Waals surface area contributed by atoms with Crippen molar-refractivity contribution in [1.82, 2.24) is 4.90 Å². The minimum absolute atomic E-state index is 0.613. The lowest BCUT2D eigenvalue weighted by Crippen LogP contribution is -2.42. The van der Waals surface area contributed by atoms with Crippen LogP contribution in [0.2, 0.25) is 0 Å². The van der Waals surface area contributed by atoms with Gasteiger partial charge in [-0.2, -0.15) is 0 Å². The lowest BCUT2D eigenvalue weighted by molar-refractivity contribution is -0.131. The second-order valence-electron chi connectivity index (χ2n) is 5.27. The van der Waals surface area contributed by atoms with Crippen LogP contribution in [0.25, 0.3) is 6.08 Å². The molecule has 2 unspecified atom stereocenters. The van der Waals surface area contributed by atoms with Crippen LogP contribution in [0.4, 0.5) is 0 Å². The van der Waals surface area contributed by atoms with Crippen LogP contribution in [0.15, 0.2) is 17.5 Å². The number of hydrogen-bond acceptors (Lipinski definition) is 3. The van der Waals surface area contributed by atoms with Crippen molar-refractivity contribution >= 4 is 23.4 Å². The number of carbonyl (C=O) groups is 1. The first-order valence-corrected chi connectivity index (χ1v) is 7.69. The SMILES string of the molecule is CC1CCCC(C)N1Cc1sccc1C=CC(=O)O. The van der Waals surface area contributed by atoms with E-state index < -0.39 is 5.97 Å². The lowest BCUT2D eigenvalue weighted by atomic mass is 9.97. The maximum absolute atomic E-state index is 10.6. The summed E-state index contributed by atoms with van der Waals surface area (Å²) in [5, 5.41) is 10.8. The van der Waals surface area contributed by atoms with Gasteiger partial charge in [0.1, 0.15) is 0 Å². The molecule has 0 spiro atoms. The Hall–Kier alpha value is -1.13. The molecule has 19 heavy (non-hydrogen) atoms. The highest BCUT2D eigenvalue weighted by Crippen LogP contribution is 2.28. The molecular weight excluding hydrogens is 258 g/mol. The van der Waals surface area contributed by atoms with Gasteiger partial charge in [-0.1, -0.05) is 6.42 Å². The number of nitrogens with zero attached hydrogens (tertiary/aromatic N) is 1. The number of thiophene rings is 1. The molecule has 1 N–H and O–H groups in total. The molecule has 1 fully saturated rings. The Morgan fingerprint density at radius 2 is 2.16 bits per heavy atom. The molecule has 0 saturated carbocycles. The van der Waals surface area contributed by atoms with E-state index in [1.165, 1.54) is 30.2 Å². The summed E-state index contributed by atoms with van der Waals surface area (Å²) < 4.78 is 0. The van der Waals surface area contributed by atoms with Crippen LogP contribution in [-0.4, -0.2) is 28.1 Å². The molecule has 0 bridgehead atoms. The standard InChI is InChI=1S/C15H21NO2S/c1-11-4-3-5-12(2)16(11)10-14-13(8-9-19-14)6-7-15(17)18/h6-9,11-12H,3-5,10H2,1-2H3,(H,17,18). The Morgan fingerprint density at radius 3 is 2.79 bits per heavy atom. The molecule has 1 aliphatic heterocycles. The number of rotatable bonds is 4. The van der Waals surface area contributed by atoms with E-state index in [1.807, 2.05) is 11.4 Å². The lowest BCUT2D eigenvalue weighted by Gasteiger charge is -2.38. The van der Waals surface area contributed by atoms with E-state index in [2.05, 4.69) is 18.7 Å². The van der Waals surface area contributed by atoms with Gasteiger partial charge in [-0.3, -0.25) is 4.90 Å². The van der Waals surface area contributed by atoms with Gasteiger partial charge >= 0.3 is 5.97 Å². The van der Waals surface area contributed by atoms with Crippen LogP contribution in [0, 0.1) is 0 Å². The van der Waals surface area contributed by atoms with Crippen LogP contribution in [0.1, 0.15) is 43.6 Å². The fourth-order valence-corrected chi connectivity index (χ4v) is 3.62. The van der Waals surface area contributed by atoms with Crippen LogP contribution < -0.4 is 0 Å². The highest BCUT2D eigenvalue weighted by Gasteiger charge is 2.25. The van der Waals surface area contributed by atoms with Gasteiger partial charge in [0.05, 0.1) is 0 Å². The first-order valence-electron chi connectivity index (χ1n) is 6.81. The molecule has 104 valence electrons. The van der Waals surface area contributed by atoms with Gasteiger partial charge in [0.25, 0.3) is 0 Å². The molecule has 1 aliphatic rings. The second-order valence-corrected chi connectivity index (χ2v) is 6.27. The third kappa shape index (κ3) is 3.67. The molecule has 0 aliphatic carbocycles. The van der Waals surface area contributed by atoms with E-state index in [9.17, 15) is 4.79 Å². The highest BCUT2D eigenvalue weighted by molar-refractivity contribution is 7.10. The quantitative estimate of drug-likeness (QED) is 0.856. The predicted octanol–water partition coefficient (Wildman–Crippen LogP) is 3.61. The van der Waals surface area contributed by atoms with Crippen molar-refractivity contribution < 1.29 is 9.90 Å². The van der Waals surface area contributed by atoms with Crippen molar-refractivity contribution in [2.24, 2.45) is 0 Å². The number of likely N-dealkylation sites (tertiary alicyclic amines) is 1. The van der Waals surface area contributed by atoms with Gasteiger partial charge in [0.15, 0.2) is 0 Å². The Morgan fingerprint density at radius 1 is 1.47 bits per heavy atom. The fraction of sp³-hybridized carbons (Fsp3) is 0.533. The highest BCUT2D eigenvalue weighted by atomic mass is 32.1. The fourth-order valence-electron chi connectivity index (χ4n) is 2.74. The van der Waals surface area contributed by atoms with E-state index in [0.29, 0.717) is 12.1 Å². The third-order valence-electron chi connectivity index (χ3n) is 3.89. The van der Waals surface area contributed by atoms with E-state index in [1.54, 1.807) is 17.4 Å². The van der Waals surface area contributed by atoms with Gasteiger partial charge in [-0.15, -0.1) is 11.3 Å². The summed E-state index contributed by atoms with van der Waals surface area (Å²) in [7, 11) is 0. The van der Waals surface area contributed by atoms with E-state index in [0.717, 1.165) is 12.1 Å². The van der Waals surface area contributed by atoms with Gasteiger partial charge in [-0.05, 0) is 49.8 Å². The first-order chi connectivity index (χ1) is 9.08. The van der Waals surface area contributed by atoms with Crippen LogP contribution >= 0.6 is 11.3 Å². The van der Waals surface area contributed by atoms with E-state index in [4.69, 9.17) is 5.11 Å². The maximum Gasteiger partial charge on any atom is 0.328 e. The van der Waals surface area contributed by atoms with E-state index >= 15 is 0 Å². The van der Waals surface area contributed by atoms with Crippen LogP contribution in [0.5, 0.6) is 0 Å². The van der Waals surface area contributed by atoms with E-state index in [-0.39, 0.29) is 0 Å². The summed E-state index contributed by atoms with van der Waals surface area (Å²) in [6.45, 7) is 5.51. The van der Waals surface area contributed by atoms with Crippen LogP contribution in [-0.2, 0) is 11.3 Å². The average molecular weight is 279 g/mol. The summed E-state index contributed by atoms with van der Waals surface area (Å²) in [6, 6.07) is 3.22. The van der Waals surface area contributed by atoms with Gasteiger partial charge in [0, 0.05) is 29.6 Å². The number of carboxylic acid groups (broad SMARTS) is 1. The second kappa shape index (κ2) is 6.35. The first kappa shape index (κ1) is 14.3. The molecule has 0 aromatic carbocycles. The Kier molecular flexibility index (Phi) is 4.77. The predicted molar refractivity (Wildman–Crippen MR) is 79.3 cm³/mol. The molecule has 2 atom stereocenters. The van der Waals surface area contributed by atoms with Crippen molar-refractivity contribution in [3.05, 3.63) is 28.0 Å². The molecule has 1 saturated heterocycles. The molecule has 0 radical (unpaired) electrons.